The lowest BCUT2D eigenvalue weighted by molar-refractivity contribution is -0.117. The number of fused-ring (bicyclic) bond motifs is 1. The summed E-state index contributed by atoms with van der Waals surface area (Å²) in [7, 11) is 0. The molecule has 37 heavy (non-hydrogen) atoms. The first-order valence-electron chi connectivity index (χ1n) is 13.2. The fourth-order valence-electron chi connectivity index (χ4n) is 5.05. The predicted octanol–water partition coefficient (Wildman–Crippen LogP) is 3.17. The van der Waals surface area contributed by atoms with Crippen LogP contribution in [0.2, 0.25) is 0 Å². The Morgan fingerprint density at radius 3 is 2.54 bits per heavy atom. The van der Waals surface area contributed by atoms with Crippen molar-refractivity contribution in [2.45, 2.75) is 39.3 Å². The minimum atomic E-state index is -0.154. The van der Waals surface area contributed by atoms with Gasteiger partial charge >= 0.3 is 0 Å². The van der Waals surface area contributed by atoms with Crippen LogP contribution in [0.3, 0.4) is 0 Å². The van der Waals surface area contributed by atoms with Gasteiger partial charge in [0.25, 0.3) is 0 Å². The fourth-order valence-corrected chi connectivity index (χ4v) is 5.05. The van der Waals surface area contributed by atoms with Crippen LogP contribution in [-0.2, 0) is 4.79 Å². The Bertz CT molecular complexity index is 1240. The van der Waals surface area contributed by atoms with Gasteiger partial charge in [0.15, 0.2) is 17.0 Å². The molecule has 1 unspecified atom stereocenters. The number of imidazole rings is 1. The van der Waals surface area contributed by atoms with Crippen molar-refractivity contribution in [3.63, 3.8) is 0 Å². The van der Waals surface area contributed by atoms with E-state index in [-0.39, 0.29) is 18.0 Å². The molecule has 0 radical (unpaired) electrons. The number of benzene rings is 1. The van der Waals surface area contributed by atoms with Crippen molar-refractivity contribution < 1.29 is 4.79 Å². The number of hydrogen-bond acceptors (Lipinski definition) is 8. The summed E-state index contributed by atoms with van der Waals surface area (Å²) in [5, 5.41) is 6.49. The zero-order valence-electron chi connectivity index (χ0n) is 22.0. The van der Waals surface area contributed by atoms with E-state index in [1.165, 1.54) is 11.8 Å². The summed E-state index contributed by atoms with van der Waals surface area (Å²) in [6.45, 7) is 16.8. The number of likely N-dealkylation sites (N-methyl/N-ethyl adjacent to an activating group) is 1. The van der Waals surface area contributed by atoms with Crippen molar-refractivity contribution in [1.82, 2.24) is 29.7 Å². The van der Waals surface area contributed by atoms with Crippen molar-refractivity contribution in [1.29, 1.82) is 0 Å². The monoisotopic (exact) mass is 503 g/mol. The molecule has 10 nitrogen and oxygen atoms in total. The molecule has 2 saturated heterocycles. The van der Waals surface area contributed by atoms with E-state index < -0.39 is 0 Å². The summed E-state index contributed by atoms with van der Waals surface area (Å²) >= 11 is 0. The van der Waals surface area contributed by atoms with Crippen molar-refractivity contribution >= 4 is 40.2 Å². The highest BCUT2D eigenvalue weighted by Crippen LogP contribution is 2.29. The third-order valence-electron chi connectivity index (χ3n) is 7.28. The van der Waals surface area contributed by atoms with Gasteiger partial charge in [-0.2, -0.15) is 9.97 Å². The van der Waals surface area contributed by atoms with E-state index in [1.54, 1.807) is 0 Å². The molecule has 2 N–H and O–H groups in total. The van der Waals surface area contributed by atoms with E-state index in [0.717, 1.165) is 62.5 Å². The molecule has 0 spiro atoms. The number of nitrogens with zero attached hydrogens (tertiary/aromatic N) is 7. The molecule has 1 atom stereocenters. The quantitative estimate of drug-likeness (QED) is 0.453. The van der Waals surface area contributed by atoms with E-state index in [4.69, 9.17) is 9.97 Å². The number of carbonyl (C=O) groups is 1. The van der Waals surface area contributed by atoms with Gasteiger partial charge in [-0.25, -0.2) is 4.98 Å². The Hall–Kier alpha value is -3.66. The van der Waals surface area contributed by atoms with Gasteiger partial charge in [-0.1, -0.05) is 13.5 Å². The summed E-state index contributed by atoms with van der Waals surface area (Å²) in [6, 6.07) is 8.80. The molecule has 0 saturated carbocycles. The van der Waals surface area contributed by atoms with Gasteiger partial charge in [0.2, 0.25) is 11.9 Å². The first kappa shape index (κ1) is 25.0. The molecular weight excluding hydrogens is 466 g/mol. The maximum Gasteiger partial charge on any atom is 0.243 e. The van der Waals surface area contributed by atoms with Crippen LogP contribution >= 0.6 is 0 Å². The third kappa shape index (κ3) is 5.39. The van der Waals surface area contributed by atoms with Gasteiger partial charge in [-0.05, 0) is 57.2 Å². The van der Waals surface area contributed by atoms with Crippen LogP contribution in [0, 0.1) is 0 Å². The maximum absolute atomic E-state index is 11.8. The lowest BCUT2D eigenvalue weighted by Crippen LogP contribution is -2.46. The minimum absolute atomic E-state index is 0.0444. The number of anilines is 4. The Morgan fingerprint density at radius 2 is 1.86 bits per heavy atom. The zero-order chi connectivity index (χ0) is 25.9. The topological polar surface area (TPSA) is 94.5 Å². The lowest BCUT2D eigenvalue weighted by Gasteiger charge is -2.35. The molecule has 2 fully saturated rings. The predicted molar refractivity (Wildman–Crippen MR) is 149 cm³/mol. The zero-order valence-corrected chi connectivity index (χ0v) is 22.0. The van der Waals surface area contributed by atoms with Gasteiger partial charge < -0.3 is 29.9 Å². The summed E-state index contributed by atoms with van der Waals surface area (Å²) in [6.07, 6.45) is 3.97. The summed E-state index contributed by atoms with van der Waals surface area (Å²) < 4.78 is 2.07. The highest BCUT2D eigenvalue weighted by molar-refractivity contribution is 5.88. The molecule has 3 aromatic rings. The van der Waals surface area contributed by atoms with E-state index in [9.17, 15) is 4.79 Å². The summed E-state index contributed by atoms with van der Waals surface area (Å²) in [5.41, 5.74) is 3.74. The second kappa shape index (κ2) is 10.8. The molecule has 4 heterocycles. The van der Waals surface area contributed by atoms with Crippen LogP contribution < -0.4 is 20.4 Å². The van der Waals surface area contributed by atoms with Gasteiger partial charge in [-0.15, -0.1) is 0 Å². The van der Waals surface area contributed by atoms with Crippen LogP contribution in [0.4, 0.5) is 23.1 Å². The van der Waals surface area contributed by atoms with Gasteiger partial charge in [-0.3, -0.25) is 4.79 Å². The molecule has 10 heteroatoms. The molecule has 1 amide bonds. The van der Waals surface area contributed by atoms with Crippen molar-refractivity contribution in [3.05, 3.63) is 43.2 Å². The normalized spacial score (nSPS) is 18.5. The average molecular weight is 504 g/mol. The van der Waals surface area contributed by atoms with Gasteiger partial charge in [0, 0.05) is 62.7 Å². The van der Waals surface area contributed by atoms with E-state index in [2.05, 4.69) is 86.5 Å². The van der Waals surface area contributed by atoms with Gasteiger partial charge in [0.05, 0.1) is 6.33 Å². The number of nitrogens with one attached hydrogen (secondary N) is 2. The van der Waals surface area contributed by atoms with E-state index in [1.807, 2.05) is 6.33 Å². The molecule has 5 rings (SSSR count). The molecule has 1 aromatic carbocycles. The number of hydrogen-bond donors (Lipinski definition) is 2. The van der Waals surface area contributed by atoms with Gasteiger partial charge in [0.1, 0.15) is 0 Å². The molecular formula is C27H37N9O. The molecule has 0 bridgehead atoms. The Balaban J connectivity index is 1.38. The van der Waals surface area contributed by atoms with Crippen LogP contribution in [0.25, 0.3) is 11.2 Å². The summed E-state index contributed by atoms with van der Waals surface area (Å²) in [4.78, 5) is 33.3. The number of aromatic nitrogens is 4. The first-order chi connectivity index (χ1) is 17.9. The molecule has 2 aromatic heterocycles. The number of piperazine rings is 1. The maximum atomic E-state index is 11.8. The SMILES string of the molecule is C=CC(=O)NC1CCN(c2nc(Nc3ccc(N4CCN(CC)CC4)cc3)c3ncn(C(C)C)c3n2)C1. The second-order valence-corrected chi connectivity index (χ2v) is 10.0. The molecule has 196 valence electrons. The van der Waals surface area contributed by atoms with Crippen molar-refractivity contribution in [2.24, 2.45) is 0 Å². The molecule has 2 aliphatic heterocycles. The lowest BCUT2D eigenvalue weighted by atomic mass is 10.2. The fraction of sp³-hybridized carbons (Fsp3) is 0.481. The van der Waals surface area contributed by atoms with Crippen molar-refractivity contribution in [2.75, 3.05) is 60.9 Å². The smallest absolute Gasteiger partial charge is 0.243 e. The van der Waals surface area contributed by atoms with Crippen LogP contribution in [0.1, 0.15) is 33.2 Å². The third-order valence-corrected chi connectivity index (χ3v) is 7.28. The van der Waals surface area contributed by atoms with Crippen LogP contribution in [0.5, 0.6) is 0 Å². The van der Waals surface area contributed by atoms with E-state index >= 15 is 0 Å². The van der Waals surface area contributed by atoms with Crippen molar-refractivity contribution in [3.8, 4) is 0 Å². The highest BCUT2D eigenvalue weighted by Gasteiger charge is 2.27. The largest absolute Gasteiger partial charge is 0.369 e. The second-order valence-electron chi connectivity index (χ2n) is 10.0. The van der Waals surface area contributed by atoms with Crippen LogP contribution in [0.15, 0.2) is 43.2 Å². The van der Waals surface area contributed by atoms with Crippen LogP contribution in [-0.4, -0.2) is 82.2 Å². The van der Waals surface area contributed by atoms with E-state index in [0.29, 0.717) is 18.3 Å². The first-order valence-corrected chi connectivity index (χ1v) is 13.2. The standard InChI is InChI=1S/C27H37N9O/c1-5-23(37)29-21-11-12-35(17-21)27-31-25(24-26(32-27)36(18-28-24)19(3)4)30-20-7-9-22(10-8-20)34-15-13-33(6-2)14-16-34/h5,7-10,18-19,21H,1,6,11-17H2,2-4H3,(H,29,37)(H,30,31,32). The Labute approximate surface area is 218 Å². The highest BCUT2D eigenvalue weighted by atomic mass is 16.1. The minimum Gasteiger partial charge on any atom is -0.369 e. The number of rotatable bonds is 8. The summed E-state index contributed by atoms with van der Waals surface area (Å²) in [5.74, 6) is 1.17. The molecule has 0 aliphatic carbocycles. The number of carbonyl (C=O) groups excluding carboxylic acids is 1. The average Bonchev–Trinajstić information content (AvgIpc) is 3.56. The Morgan fingerprint density at radius 1 is 1.11 bits per heavy atom. The Kier molecular flexibility index (Phi) is 7.27. The number of amides is 1. The molecule has 2 aliphatic rings.